The molecule has 0 spiro atoms. The maximum Gasteiger partial charge on any atom is 0.137 e. The summed E-state index contributed by atoms with van der Waals surface area (Å²) < 4.78 is 0. The highest BCUT2D eigenvalue weighted by Crippen LogP contribution is 2.45. The van der Waals surface area contributed by atoms with Gasteiger partial charge >= 0.3 is 0 Å². The Labute approximate surface area is 109 Å². The van der Waals surface area contributed by atoms with Gasteiger partial charge in [-0.3, -0.25) is 9.69 Å². The minimum absolute atomic E-state index is 0.249. The first-order valence-electron chi connectivity index (χ1n) is 7.43. The SMILES string of the molecule is CC(=O)C[C@@H]1CC(=O)[C@H]2CCCN3CCC[C@@H]1[C@H]23. The topological polar surface area (TPSA) is 37.4 Å². The molecular weight excluding hydrogens is 226 g/mol. The quantitative estimate of drug-likeness (QED) is 0.751. The van der Waals surface area contributed by atoms with Crippen LogP contribution in [-0.2, 0) is 9.59 Å². The number of carbonyl (C=O) groups is 2. The van der Waals surface area contributed by atoms with Crippen LogP contribution in [0, 0.1) is 17.8 Å². The standard InChI is InChI=1S/C15H23NO2/c1-10(17)8-11-9-14(18)13-5-3-7-16-6-2-4-12(11)15(13)16/h11-13,15H,2-9H2,1H3/t11-,12+,13-,15-/m1/s1. The van der Waals surface area contributed by atoms with E-state index in [0.29, 0.717) is 36.5 Å². The molecule has 4 atom stereocenters. The Morgan fingerprint density at radius 3 is 2.72 bits per heavy atom. The van der Waals surface area contributed by atoms with E-state index >= 15 is 0 Å². The minimum atomic E-state index is 0.249. The summed E-state index contributed by atoms with van der Waals surface area (Å²) in [5, 5.41) is 0. The molecule has 3 fully saturated rings. The average molecular weight is 249 g/mol. The van der Waals surface area contributed by atoms with Gasteiger partial charge in [-0.25, -0.2) is 0 Å². The lowest BCUT2D eigenvalue weighted by Crippen LogP contribution is -2.59. The fraction of sp³-hybridized carbons (Fsp3) is 0.867. The highest BCUT2D eigenvalue weighted by molar-refractivity contribution is 5.84. The van der Waals surface area contributed by atoms with Gasteiger partial charge in [-0.2, -0.15) is 0 Å². The van der Waals surface area contributed by atoms with Crippen molar-refractivity contribution in [2.75, 3.05) is 13.1 Å². The predicted molar refractivity (Wildman–Crippen MR) is 69.2 cm³/mol. The summed E-state index contributed by atoms with van der Waals surface area (Å²) in [4.78, 5) is 26.3. The van der Waals surface area contributed by atoms with E-state index in [0.717, 1.165) is 19.5 Å². The molecule has 0 unspecified atom stereocenters. The van der Waals surface area contributed by atoms with Crippen LogP contribution in [0.25, 0.3) is 0 Å². The van der Waals surface area contributed by atoms with Gasteiger partial charge in [0.25, 0.3) is 0 Å². The van der Waals surface area contributed by atoms with E-state index in [1.54, 1.807) is 6.92 Å². The lowest BCUT2D eigenvalue weighted by Gasteiger charge is -2.53. The van der Waals surface area contributed by atoms with Crippen LogP contribution < -0.4 is 0 Å². The number of hydrogen-bond donors (Lipinski definition) is 0. The Bertz CT molecular complexity index is 364. The number of Topliss-reactive ketones (excluding diaryl/α,β-unsaturated/α-hetero) is 2. The third-order valence-corrected chi connectivity index (χ3v) is 5.25. The third-order valence-electron chi connectivity index (χ3n) is 5.25. The smallest absolute Gasteiger partial charge is 0.137 e. The first-order valence-corrected chi connectivity index (χ1v) is 7.43. The first-order chi connectivity index (χ1) is 8.66. The summed E-state index contributed by atoms with van der Waals surface area (Å²) in [6, 6.07) is 0.470. The molecule has 1 aliphatic carbocycles. The Balaban J connectivity index is 1.85. The molecule has 2 heterocycles. The number of carbonyl (C=O) groups excluding carboxylic acids is 2. The first kappa shape index (κ1) is 12.3. The van der Waals surface area contributed by atoms with Crippen LogP contribution in [-0.4, -0.2) is 35.6 Å². The van der Waals surface area contributed by atoms with Crippen molar-refractivity contribution < 1.29 is 9.59 Å². The minimum Gasteiger partial charge on any atom is -0.300 e. The summed E-state index contributed by atoms with van der Waals surface area (Å²) in [6.45, 7) is 3.99. The molecule has 1 saturated carbocycles. The molecule has 0 bridgehead atoms. The lowest BCUT2D eigenvalue weighted by molar-refractivity contribution is -0.139. The fourth-order valence-corrected chi connectivity index (χ4v) is 4.64. The molecule has 0 aromatic heterocycles. The van der Waals surface area contributed by atoms with Gasteiger partial charge in [0.05, 0.1) is 0 Å². The predicted octanol–water partition coefficient (Wildman–Crippen LogP) is 2.05. The molecule has 0 N–H and O–H groups in total. The Hall–Kier alpha value is -0.700. The monoisotopic (exact) mass is 249 g/mol. The molecule has 2 saturated heterocycles. The van der Waals surface area contributed by atoms with Crippen LogP contribution in [0.5, 0.6) is 0 Å². The molecule has 0 aromatic carbocycles. The molecule has 0 radical (unpaired) electrons. The van der Waals surface area contributed by atoms with Crippen LogP contribution >= 0.6 is 0 Å². The van der Waals surface area contributed by atoms with Gasteiger partial charge in [0.15, 0.2) is 0 Å². The highest BCUT2D eigenvalue weighted by Gasteiger charge is 2.49. The maximum atomic E-state index is 12.3. The van der Waals surface area contributed by atoms with Crippen LogP contribution in [0.2, 0.25) is 0 Å². The van der Waals surface area contributed by atoms with Crippen LogP contribution in [0.15, 0.2) is 0 Å². The van der Waals surface area contributed by atoms with Crippen molar-refractivity contribution in [2.24, 2.45) is 17.8 Å². The molecule has 3 nitrogen and oxygen atoms in total. The van der Waals surface area contributed by atoms with E-state index in [-0.39, 0.29) is 11.7 Å². The molecule has 0 amide bonds. The Kier molecular flexibility index (Phi) is 3.27. The van der Waals surface area contributed by atoms with Crippen LogP contribution in [0.3, 0.4) is 0 Å². The Morgan fingerprint density at radius 1 is 1.28 bits per heavy atom. The molecule has 3 aliphatic rings. The molecular formula is C15H23NO2. The van der Waals surface area contributed by atoms with Crippen LogP contribution in [0.1, 0.15) is 45.4 Å². The number of rotatable bonds is 2. The average Bonchev–Trinajstić information content (AvgIpc) is 2.34. The molecule has 2 aliphatic heterocycles. The summed E-state index contributed by atoms with van der Waals surface area (Å²) in [7, 11) is 0. The number of nitrogens with zero attached hydrogens (tertiary/aromatic N) is 1. The zero-order valence-corrected chi connectivity index (χ0v) is 11.2. The number of piperidine rings is 2. The Morgan fingerprint density at radius 2 is 2.00 bits per heavy atom. The largest absolute Gasteiger partial charge is 0.300 e. The van der Waals surface area contributed by atoms with Gasteiger partial charge in [-0.05, 0) is 57.5 Å². The zero-order chi connectivity index (χ0) is 12.7. The molecule has 3 heteroatoms. The molecule has 18 heavy (non-hydrogen) atoms. The van der Waals surface area contributed by atoms with Gasteiger partial charge in [0.1, 0.15) is 11.6 Å². The molecule has 0 aromatic rings. The van der Waals surface area contributed by atoms with Crippen molar-refractivity contribution >= 4 is 11.6 Å². The second-order valence-electron chi connectivity index (χ2n) is 6.42. The van der Waals surface area contributed by atoms with Crippen molar-refractivity contribution in [1.29, 1.82) is 0 Å². The van der Waals surface area contributed by atoms with Crippen molar-refractivity contribution in [1.82, 2.24) is 4.90 Å². The van der Waals surface area contributed by atoms with E-state index in [4.69, 9.17) is 0 Å². The highest BCUT2D eigenvalue weighted by atomic mass is 16.1. The van der Waals surface area contributed by atoms with Gasteiger partial charge in [-0.15, -0.1) is 0 Å². The van der Waals surface area contributed by atoms with Crippen molar-refractivity contribution in [3.8, 4) is 0 Å². The molecule has 100 valence electrons. The van der Waals surface area contributed by atoms with E-state index < -0.39 is 0 Å². The zero-order valence-electron chi connectivity index (χ0n) is 11.2. The van der Waals surface area contributed by atoms with E-state index in [2.05, 4.69) is 4.90 Å². The summed E-state index contributed by atoms with van der Waals surface area (Å²) in [5.41, 5.74) is 0. The van der Waals surface area contributed by atoms with E-state index in [1.165, 1.54) is 19.3 Å². The van der Waals surface area contributed by atoms with Crippen molar-refractivity contribution in [3.05, 3.63) is 0 Å². The third kappa shape index (κ3) is 2.03. The maximum absolute atomic E-state index is 12.3. The van der Waals surface area contributed by atoms with Crippen molar-refractivity contribution in [2.45, 2.75) is 51.5 Å². The summed E-state index contributed by atoms with van der Waals surface area (Å²) in [6.07, 6.45) is 6.02. The second-order valence-corrected chi connectivity index (χ2v) is 6.42. The number of ketones is 2. The normalized spacial score (nSPS) is 40.4. The van der Waals surface area contributed by atoms with Crippen LogP contribution in [0.4, 0.5) is 0 Å². The van der Waals surface area contributed by atoms with Gasteiger partial charge in [-0.1, -0.05) is 0 Å². The van der Waals surface area contributed by atoms with Gasteiger partial charge in [0.2, 0.25) is 0 Å². The molecule has 3 rings (SSSR count). The van der Waals surface area contributed by atoms with Gasteiger partial charge < -0.3 is 4.79 Å². The second kappa shape index (κ2) is 4.76. The summed E-state index contributed by atoms with van der Waals surface area (Å²) >= 11 is 0. The van der Waals surface area contributed by atoms with E-state index in [1.807, 2.05) is 0 Å². The lowest BCUT2D eigenvalue weighted by atomic mass is 9.62. The number of hydrogen-bond acceptors (Lipinski definition) is 3. The van der Waals surface area contributed by atoms with Gasteiger partial charge in [0, 0.05) is 24.8 Å². The van der Waals surface area contributed by atoms with Crippen molar-refractivity contribution in [3.63, 3.8) is 0 Å². The fourth-order valence-electron chi connectivity index (χ4n) is 4.64. The van der Waals surface area contributed by atoms with E-state index in [9.17, 15) is 9.59 Å². The summed E-state index contributed by atoms with van der Waals surface area (Å²) in [5.74, 6) is 1.91.